The van der Waals surface area contributed by atoms with Crippen molar-refractivity contribution in [3.05, 3.63) is 63.7 Å². The first-order valence-corrected chi connectivity index (χ1v) is 9.26. The molecule has 29 heavy (non-hydrogen) atoms. The minimum Gasteiger partial charge on any atom is -0.452 e. The monoisotopic (exact) mass is 399 g/mol. The Morgan fingerprint density at radius 1 is 1.21 bits per heavy atom. The highest BCUT2D eigenvalue weighted by Crippen LogP contribution is 2.28. The van der Waals surface area contributed by atoms with Gasteiger partial charge < -0.3 is 15.0 Å². The second-order valence-electron chi connectivity index (χ2n) is 6.88. The second kappa shape index (κ2) is 9.68. The number of carbonyl (C=O) groups is 2. The van der Waals surface area contributed by atoms with Crippen LogP contribution in [0.15, 0.2) is 42.5 Å². The lowest BCUT2D eigenvalue weighted by atomic mass is 9.97. The van der Waals surface area contributed by atoms with Crippen molar-refractivity contribution < 1.29 is 19.2 Å². The highest BCUT2D eigenvalue weighted by Gasteiger charge is 2.20. The largest absolute Gasteiger partial charge is 0.452 e. The van der Waals surface area contributed by atoms with Crippen LogP contribution in [0.2, 0.25) is 0 Å². The molecule has 2 aromatic carbocycles. The van der Waals surface area contributed by atoms with Crippen LogP contribution in [0.1, 0.15) is 42.1 Å². The zero-order valence-electron chi connectivity index (χ0n) is 17.0. The quantitative estimate of drug-likeness (QED) is 0.409. The molecule has 0 bridgehead atoms. The molecule has 2 aromatic rings. The van der Waals surface area contributed by atoms with Gasteiger partial charge in [-0.3, -0.25) is 14.9 Å². The Bertz CT molecular complexity index is 911. The maximum Gasteiger partial charge on any atom is 0.338 e. The molecule has 8 heteroatoms. The van der Waals surface area contributed by atoms with E-state index in [-0.39, 0.29) is 17.2 Å². The number of hydrogen-bond acceptors (Lipinski definition) is 6. The summed E-state index contributed by atoms with van der Waals surface area (Å²) in [6.07, 6.45) is 0.920. The van der Waals surface area contributed by atoms with E-state index in [1.807, 2.05) is 18.2 Å². The number of nitro groups is 1. The molecule has 0 heterocycles. The molecule has 0 fully saturated rings. The van der Waals surface area contributed by atoms with Gasteiger partial charge in [-0.05, 0) is 36.1 Å². The summed E-state index contributed by atoms with van der Waals surface area (Å²) in [5.41, 5.74) is 1.84. The minimum atomic E-state index is -0.802. The van der Waals surface area contributed by atoms with Gasteiger partial charge in [0.2, 0.25) is 0 Å². The summed E-state index contributed by atoms with van der Waals surface area (Å²) >= 11 is 0. The SMILES string of the molecule is CC[C@@H](C)c1ccccc1NC(=O)COC(=O)c1ccc(N(C)C)c([N+](=O)[O-])c1. The summed E-state index contributed by atoms with van der Waals surface area (Å²) < 4.78 is 5.04. The molecule has 0 spiro atoms. The van der Waals surface area contributed by atoms with Gasteiger partial charge in [0.1, 0.15) is 5.69 Å². The molecule has 154 valence electrons. The fourth-order valence-electron chi connectivity index (χ4n) is 2.84. The van der Waals surface area contributed by atoms with E-state index < -0.39 is 23.4 Å². The van der Waals surface area contributed by atoms with Crippen molar-refractivity contribution in [2.75, 3.05) is 30.9 Å². The number of hydrogen-bond donors (Lipinski definition) is 1. The van der Waals surface area contributed by atoms with Crippen molar-refractivity contribution in [1.82, 2.24) is 0 Å². The number of para-hydroxylation sites is 1. The number of nitro benzene ring substituents is 1. The van der Waals surface area contributed by atoms with Crippen molar-refractivity contribution in [2.24, 2.45) is 0 Å². The van der Waals surface area contributed by atoms with E-state index in [2.05, 4.69) is 19.2 Å². The second-order valence-corrected chi connectivity index (χ2v) is 6.88. The Kier molecular flexibility index (Phi) is 7.30. The summed E-state index contributed by atoms with van der Waals surface area (Å²) in [6.45, 7) is 3.64. The molecule has 0 aliphatic carbocycles. The number of carbonyl (C=O) groups excluding carboxylic acids is 2. The maximum absolute atomic E-state index is 12.2. The van der Waals surface area contributed by atoms with E-state index in [9.17, 15) is 19.7 Å². The first kappa shape index (κ1) is 21.9. The van der Waals surface area contributed by atoms with Crippen LogP contribution in [0.3, 0.4) is 0 Å². The lowest BCUT2D eigenvalue weighted by Gasteiger charge is -2.15. The third kappa shape index (κ3) is 5.54. The summed E-state index contributed by atoms with van der Waals surface area (Å²) in [5.74, 6) is -1.01. The van der Waals surface area contributed by atoms with Gasteiger partial charge in [-0.25, -0.2) is 4.79 Å². The van der Waals surface area contributed by atoms with Crippen LogP contribution in [0.4, 0.5) is 17.1 Å². The van der Waals surface area contributed by atoms with E-state index in [4.69, 9.17) is 4.74 Å². The van der Waals surface area contributed by atoms with E-state index >= 15 is 0 Å². The van der Waals surface area contributed by atoms with Crippen molar-refractivity contribution in [1.29, 1.82) is 0 Å². The average molecular weight is 399 g/mol. The lowest BCUT2D eigenvalue weighted by molar-refractivity contribution is -0.384. The highest BCUT2D eigenvalue weighted by atomic mass is 16.6. The molecular formula is C21H25N3O5. The summed E-state index contributed by atoms with van der Waals surface area (Å²) in [5, 5.41) is 14.0. The van der Waals surface area contributed by atoms with Crippen LogP contribution in [0, 0.1) is 10.1 Å². The number of benzene rings is 2. The van der Waals surface area contributed by atoms with Crippen molar-refractivity contribution in [2.45, 2.75) is 26.2 Å². The molecule has 0 unspecified atom stereocenters. The van der Waals surface area contributed by atoms with E-state index in [0.717, 1.165) is 18.1 Å². The van der Waals surface area contributed by atoms with Gasteiger partial charge in [-0.2, -0.15) is 0 Å². The van der Waals surface area contributed by atoms with E-state index in [1.54, 1.807) is 25.1 Å². The molecule has 0 aromatic heterocycles. The predicted molar refractivity (Wildman–Crippen MR) is 111 cm³/mol. The van der Waals surface area contributed by atoms with Gasteiger partial charge >= 0.3 is 5.97 Å². The van der Waals surface area contributed by atoms with Crippen molar-refractivity contribution >= 4 is 28.9 Å². The Morgan fingerprint density at radius 2 is 1.90 bits per heavy atom. The Labute approximate surface area is 169 Å². The van der Waals surface area contributed by atoms with Gasteiger partial charge in [0, 0.05) is 25.8 Å². The number of ether oxygens (including phenoxy) is 1. The van der Waals surface area contributed by atoms with E-state index in [1.165, 1.54) is 12.1 Å². The molecule has 2 rings (SSSR count). The number of anilines is 2. The van der Waals surface area contributed by atoms with Crippen LogP contribution in [-0.4, -0.2) is 37.5 Å². The van der Waals surface area contributed by atoms with Crippen LogP contribution in [0.5, 0.6) is 0 Å². The lowest BCUT2D eigenvalue weighted by Crippen LogP contribution is -2.22. The van der Waals surface area contributed by atoms with Crippen molar-refractivity contribution in [3.63, 3.8) is 0 Å². The smallest absolute Gasteiger partial charge is 0.338 e. The Morgan fingerprint density at radius 3 is 2.52 bits per heavy atom. The van der Waals surface area contributed by atoms with Gasteiger partial charge in [-0.1, -0.05) is 32.0 Å². The predicted octanol–water partition coefficient (Wildman–Crippen LogP) is 3.97. The molecule has 0 saturated carbocycles. The molecule has 0 radical (unpaired) electrons. The standard InChI is InChI=1S/C21H25N3O5/c1-5-14(2)16-8-6-7-9-17(16)22-20(25)13-29-21(26)15-10-11-18(23(3)4)19(12-15)24(27)28/h6-12,14H,5,13H2,1-4H3,(H,22,25)/t14-/m1/s1. The zero-order valence-corrected chi connectivity index (χ0v) is 17.0. The Hall–Kier alpha value is -3.42. The van der Waals surface area contributed by atoms with Crippen LogP contribution >= 0.6 is 0 Å². The number of nitrogens with one attached hydrogen (secondary N) is 1. The number of nitrogens with zero attached hydrogens (tertiary/aromatic N) is 2. The molecule has 1 N–H and O–H groups in total. The maximum atomic E-state index is 12.2. The average Bonchev–Trinajstić information content (AvgIpc) is 2.71. The normalized spacial score (nSPS) is 11.4. The third-order valence-electron chi connectivity index (χ3n) is 4.60. The van der Waals surface area contributed by atoms with Gasteiger partial charge in [0.25, 0.3) is 11.6 Å². The number of amides is 1. The molecule has 1 atom stereocenters. The highest BCUT2D eigenvalue weighted by molar-refractivity contribution is 5.96. The first-order chi connectivity index (χ1) is 13.7. The minimum absolute atomic E-state index is 0.00936. The molecule has 0 aliphatic rings. The molecule has 0 aliphatic heterocycles. The summed E-state index contributed by atoms with van der Waals surface area (Å²) in [4.78, 5) is 36.7. The topological polar surface area (TPSA) is 102 Å². The fraction of sp³-hybridized carbons (Fsp3) is 0.333. The van der Waals surface area contributed by atoms with Crippen LogP contribution in [0.25, 0.3) is 0 Å². The number of rotatable bonds is 8. The first-order valence-electron chi connectivity index (χ1n) is 9.26. The van der Waals surface area contributed by atoms with Gasteiger partial charge in [-0.15, -0.1) is 0 Å². The van der Waals surface area contributed by atoms with Gasteiger partial charge in [0.05, 0.1) is 10.5 Å². The molecular weight excluding hydrogens is 374 g/mol. The Balaban J connectivity index is 2.05. The molecule has 0 saturated heterocycles. The van der Waals surface area contributed by atoms with Crippen molar-refractivity contribution in [3.8, 4) is 0 Å². The molecule has 1 amide bonds. The molecule has 8 nitrogen and oxygen atoms in total. The summed E-state index contributed by atoms with van der Waals surface area (Å²) in [6, 6.07) is 11.5. The third-order valence-corrected chi connectivity index (χ3v) is 4.60. The summed E-state index contributed by atoms with van der Waals surface area (Å²) in [7, 11) is 3.34. The van der Waals surface area contributed by atoms with Crippen LogP contribution in [-0.2, 0) is 9.53 Å². The fourth-order valence-corrected chi connectivity index (χ4v) is 2.84. The van der Waals surface area contributed by atoms with Crippen LogP contribution < -0.4 is 10.2 Å². The van der Waals surface area contributed by atoms with E-state index in [0.29, 0.717) is 11.4 Å². The number of esters is 1. The van der Waals surface area contributed by atoms with Gasteiger partial charge in [0.15, 0.2) is 6.61 Å². The zero-order chi connectivity index (χ0) is 21.6.